The van der Waals surface area contributed by atoms with Crippen molar-refractivity contribution in [1.29, 1.82) is 0 Å². The van der Waals surface area contributed by atoms with Crippen molar-refractivity contribution in [2.45, 2.75) is 32.6 Å². The zero-order valence-electron chi connectivity index (χ0n) is 11.4. The summed E-state index contributed by atoms with van der Waals surface area (Å²) in [7, 11) is -3.24. The average molecular weight is 285 g/mol. The van der Waals surface area contributed by atoms with Gasteiger partial charge in [-0.1, -0.05) is 13.0 Å². The molecule has 1 aromatic rings. The highest BCUT2D eigenvalue weighted by Gasteiger charge is 2.25. The Labute approximate surface area is 114 Å². The van der Waals surface area contributed by atoms with E-state index in [9.17, 15) is 8.42 Å². The number of hydrogen-bond acceptors (Lipinski definition) is 4. The van der Waals surface area contributed by atoms with Gasteiger partial charge in [0.25, 0.3) is 0 Å². The second-order valence-electron chi connectivity index (χ2n) is 4.71. The monoisotopic (exact) mass is 285 g/mol. The summed E-state index contributed by atoms with van der Waals surface area (Å²) in [5.41, 5.74) is 0.898. The summed E-state index contributed by atoms with van der Waals surface area (Å²) in [6.45, 7) is 6.26. The Morgan fingerprint density at radius 2 is 1.95 bits per heavy atom. The molecule has 1 aliphatic heterocycles. The van der Waals surface area contributed by atoms with E-state index in [2.05, 4.69) is 0 Å². The Bertz CT molecular complexity index is 554. The van der Waals surface area contributed by atoms with E-state index in [-0.39, 0.29) is 6.79 Å². The Balaban J connectivity index is 2.20. The molecule has 0 spiro atoms. The van der Waals surface area contributed by atoms with Crippen LogP contribution in [0.15, 0.2) is 18.2 Å². The third-order valence-corrected chi connectivity index (χ3v) is 5.40. The maximum absolute atomic E-state index is 12.2. The summed E-state index contributed by atoms with van der Waals surface area (Å²) < 4.78 is 36.4. The third kappa shape index (κ3) is 2.84. The van der Waals surface area contributed by atoms with Crippen molar-refractivity contribution in [1.82, 2.24) is 4.31 Å². The van der Waals surface area contributed by atoms with Gasteiger partial charge in [-0.15, -0.1) is 0 Å². The minimum absolute atomic E-state index is 0.223. The molecule has 0 saturated heterocycles. The van der Waals surface area contributed by atoms with Crippen LogP contribution in [-0.4, -0.2) is 31.3 Å². The molecule has 0 radical (unpaired) electrons. The molecule has 1 aromatic carbocycles. The molecular formula is C13H19NO4S. The highest BCUT2D eigenvalue weighted by molar-refractivity contribution is 7.89. The summed E-state index contributed by atoms with van der Waals surface area (Å²) in [6, 6.07) is 5.51. The molecule has 0 aromatic heterocycles. The topological polar surface area (TPSA) is 55.8 Å². The maximum atomic E-state index is 12.2. The van der Waals surface area contributed by atoms with Gasteiger partial charge in [0.05, 0.1) is 5.25 Å². The molecule has 0 fully saturated rings. The lowest BCUT2D eigenvalue weighted by Gasteiger charge is -2.22. The van der Waals surface area contributed by atoms with Gasteiger partial charge in [-0.3, -0.25) is 0 Å². The minimum atomic E-state index is -3.24. The molecular weight excluding hydrogens is 266 g/mol. The van der Waals surface area contributed by atoms with Crippen LogP contribution in [0.2, 0.25) is 0 Å². The molecule has 106 valence electrons. The summed E-state index contributed by atoms with van der Waals surface area (Å²) in [5, 5.41) is -0.415. The first-order valence-electron chi connectivity index (χ1n) is 6.32. The molecule has 19 heavy (non-hydrogen) atoms. The van der Waals surface area contributed by atoms with Crippen molar-refractivity contribution in [2.24, 2.45) is 0 Å². The van der Waals surface area contributed by atoms with Crippen LogP contribution in [0.4, 0.5) is 0 Å². The van der Waals surface area contributed by atoms with Gasteiger partial charge in [0.15, 0.2) is 11.5 Å². The summed E-state index contributed by atoms with van der Waals surface area (Å²) >= 11 is 0. The lowest BCUT2D eigenvalue weighted by Crippen LogP contribution is -2.35. The van der Waals surface area contributed by atoms with Gasteiger partial charge in [0.1, 0.15) is 0 Å². The predicted molar refractivity (Wildman–Crippen MR) is 72.7 cm³/mol. The highest BCUT2D eigenvalue weighted by Crippen LogP contribution is 2.33. The fourth-order valence-electron chi connectivity index (χ4n) is 1.92. The predicted octanol–water partition coefficient (Wildman–Crippen LogP) is 1.98. The van der Waals surface area contributed by atoms with Crippen molar-refractivity contribution < 1.29 is 17.9 Å². The first kappa shape index (κ1) is 14.1. The number of nitrogens with zero attached hydrogens (tertiary/aromatic N) is 1. The van der Waals surface area contributed by atoms with E-state index in [0.29, 0.717) is 24.6 Å². The number of ether oxygens (including phenoxy) is 2. The molecule has 2 rings (SSSR count). The Morgan fingerprint density at radius 3 is 2.58 bits per heavy atom. The van der Waals surface area contributed by atoms with E-state index in [4.69, 9.17) is 9.47 Å². The average Bonchev–Trinajstić information content (AvgIpc) is 2.82. The summed E-state index contributed by atoms with van der Waals surface area (Å²) in [6.07, 6.45) is 0. The normalized spacial score (nSPS) is 14.4. The number of hydrogen-bond donors (Lipinski definition) is 0. The number of fused-ring (bicyclic) bond motifs is 1. The van der Waals surface area contributed by atoms with E-state index in [1.54, 1.807) is 13.8 Å². The van der Waals surface area contributed by atoms with Crippen molar-refractivity contribution >= 4 is 10.0 Å². The van der Waals surface area contributed by atoms with Gasteiger partial charge in [0.2, 0.25) is 16.8 Å². The van der Waals surface area contributed by atoms with E-state index in [1.165, 1.54) is 4.31 Å². The Hall–Kier alpha value is -1.27. The Morgan fingerprint density at radius 1 is 1.26 bits per heavy atom. The standard InChI is InChI=1S/C13H19NO4S/c1-4-14(19(15,16)10(2)3)8-11-5-6-12-13(7-11)18-9-17-12/h5-7,10H,4,8-9H2,1-3H3. The second kappa shape index (κ2) is 5.38. The van der Waals surface area contributed by atoms with E-state index < -0.39 is 15.3 Å². The van der Waals surface area contributed by atoms with Crippen LogP contribution in [0.25, 0.3) is 0 Å². The number of benzene rings is 1. The van der Waals surface area contributed by atoms with Gasteiger partial charge >= 0.3 is 0 Å². The molecule has 1 heterocycles. The van der Waals surface area contributed by atoms with E-state index in [1.807, 2.05) is 25.1 Å². The SMILES string of the molecule is CCN(Cc1ccc2c(c1)OCO2)S(=O)(=O)C(C)C. The van der Waals surface area contributed by atoms with Crippen LogP contribution < -0.4 is 9.47 Å². The van der Waals surface area contributed by atoms with Crippen molar-refractivity contribution in [3.63, 3.8) is 0 Å². The van der Waals surface area contributed by atoms with E-state index in [0.717, 1.165) is 5.56 Å². The lowest BCUT2D eigenvalue weighted by molar-refractivity contribution is 0.174. The zero-order chi connectivity index (χ0) is 14.0. The van der Waals surface area contributed by atoms with Gasteiger partial charge in [-0.05, 0) is 31.5 Å². The minimum Gasteiger partial charge on any atom is -0.454 e. The van der Waals surface area contributed by atoms with Crippen molar-refractivity contribution in [3.8, 4) is 11.5 Å². The van der Waals surface area contributed by atoms with Crippen molar-refractivity contribution in [3.05, 3.63) is 23.8 Å². The molecule has 0 amide bonds. The molecule has 5 nitrogen and oxygen atoms in total. The third-order valence-electron chi connectivity index (χ3n) is 3.10. The van der Waals surface area contributed by atoms with Crippen LogP contribution in [0.1, 0.15) is 26.3 Å². The van der Waals surface area contributed by atoms with Crippen LogP contribution in [0.3, 0.4) is 0 Å². The van der Waals surface area contributed by atoms with Crippen LogP contribution in [-0.2, 0) is 16.6 Å². The van der Waals surface area contributed by atoms with Crippen molar-refractivity contribution in [2.75, 3.05) is 13.3 Å². The van der Waals surface area contributed by atoms with E-state index >= 15 is 0 Å². The lowest BCUT2D eigenvalue weighted by atomic mass is 10.2. The maximum Gasteiger partial charge on any atom is 0.231 e. The number of rotatable bonds is 5. The van der Waals surface area contributed by atoms with Crippen LogP contribution >= 0.6 is 0 Å². The zero-order valence-corrected chi connectivity index (χ0v) is 12.2. The van der Waals surface area contributed by atoms with Gasteiger partial charge in [-0.25, -0.2) is 8.42 Å². The summed E-state index contributed by atoms with van der Waals surface area (Å²) in [5.74, 6) is 1.38. The molecule has 1 aliphatic rings. The molecule has 0 bridgehead atoms. The fourth-order valence-corrected chi connectivity index (χ4v) is 3.21. The molecule has 6 heteroatoms. The number of sulfonamides is 1. The summed E-state index contributed by atoms with van der Waals surface area (Å²) in [4.78, 5) is 0. The van der Waals surface area contributed by atoms with Gasteiger partial charge in [-0.2, -0.15) is 4.31 Å². The largest absolute Gasteiger partial charge is 0.454 e. The fraction of sp³-hybridized carbons (Fsp3) is 0.538. The molecule has 0 N–H and O–H groups in total. The van der Waals surface area contributed by atoms with Crippen LogP contribution in [0, 0.1) is 0 Å². The second-order valence-corrected chi connectivity index (χ2v) is 7.20. The molecule has 0 atom stereocenters. The van der Waals surface area contributed by atoms with Gasteiger partial charge < -0.3 is 9.47 Å². The molecule has 0 aliphatic carbocycles. The molecule has 0 saturated carbocycles. The quantitative estimate of drug-likeness (QED) is 0.830. The first-order chi connectivity index (χ1) is 8.95. The molecule has 0 unspecified atom stereocenters. The highest BCUT2D eigenvalue weighted by atomic mass is 32.2. The Kier molecular flexibility index (Phi) is 4.01. The smallest absolute Gasteiger partial charge is 0.231 e. The van der Waals surface area contributed by atoms with Gasteiger partial charge in [0, 0.05) is 13.1 Å². The first-order valence-corrected chi connectivity index (χ1v) is 7.83. The van der Waals surface area contributed by atoms with Crippen LogP contribution in [0.5, 0.6) is 11.5 Å².